The maximum atomic E-state index is 9.88. The minimum absolute atomic E-state index is 0.0184. The lowest BCUT2D eigenvalue weighted by Gasteiger charge is -2.33. The van der Waals surface area contributed by atoms with Crippen molar-refractivity contribution in [2.45, 2.75) is 91.5 Å². The van der Waals surface area contributed by atoms with E-state index in [0.29, 0.717) is 0 Å². The molecule has 0 amide bonds. The van der Waals surface area contributed by atoms with Crippen LogP contribution in [0.25, 0.3) is 11.4 Å². The van der Waals surface area contributed by atoms with E-state index in [1.807, 2.05) is 6.07 Å². The van der Waals surface area contributed by atoms with Crippen molar-refractivity contribution in [1.82, 2.24) is 14.5 Å². The van der Waals surface area contributed by atoms with Crippen LogP contribution in [0, 0.1) is 0 Å². The topological polar surface area (TPSA) is 50.5 Å². The van der Waals surface area contributed by atoms with Gasteiger partial charge in [0, 0.05) is 24.2 Å². The van der Waals surface area contributed by atoms with Crippen LogP contribution in [0.4, 0.5) is 0 Å². The molecule has 196 valence electrons. The molecule has 1 unspecified atom stereocenters. The van der Waals surface area contributed by atoms with Crippen LogP contribution in [-0.2, 0) is 19.7 Å². The van der Waals surface area contributed by atoms with Gasteiger partial charge >= 0.3 is 0 Å². The van der Waals surface area contributed by atoms with Gasteiger partial charge in [0.05, 0.1) is 31.6 Å². The smallest absolute Gasteiger partial charge is 0.140 e. The number of hydrogen-bond acceptors (Lipinski definition) is 4. The van der Waals surface area contributed by atoms with Crippen molar-refractivity contribution in [3.05, 3.63) is 71.5 Å². The number of aliphatic hydroxyl groups is 1. The zero-order valence-corrected chi connectivity index (χ0v) is 22.7. The average molecular weight is 492 g/mol. The lowest BCUT2D eigenvalue weighted by Crippen LogP contribution is -2.31. The fourth-order valence-corrected chi connectivity index (χ4v) is 4.93. The maximum absolute atomic E-state index is 9.88. The molecule has 5 heteroatoms. The second kappa shape index (κ2) is 14.8. The largest absolute Gasteiger partial charge is 0.496 e. The summed E-state index contributed by atoms with van der Waals surface area (Å²) in [7, 11) is 1.66. The summed E-state index contributed by atoms with van der Waals surface area (Å²) in [6.07, 6.45) is 10.2. The first-order valence-electron chi connectivity index (χ1n) is 13.8. The Bertz CT molecular complexity index is 1030. The summed E-state index contributed by atoms with van der Waals surface area (Å²) in [4.78, 5) is 7.61. The number of benzene rings is 2. The number of ether oxygens (including phenoxy) is 1. The van der Waals surface area contributed by atoms with Crippen LogP contribution in [-0.4, -0.2) is 33.2 Å². The summed E-state index contributed by atoms with van der Waals surface area (Å²) in [5.74, 6) is 1.82. The molecule has 1 N–H and O–H groups in total. The molecule has 0 aliphatic rings. The standard InChI is InChI=1S/C31H45N3O2/c1-5-8-16-28(29-22-32-31(34(29)20-10-7-3)26-14-12-11-13-15-26)33(19-9-6-2)23-25-17-18-30(36-4)27(21-25)24-35/h11-15,17-18,21-22,28,35H,5-10,16,19-20,23-24H2,1-4H3. The summed E-state index contributed by atoms with van der Waals surface area (Å²) in [6, 6.07) is 17.1. The molecular weight excluding hydrogens is 446 g/mol. The molecule has 3 rings (SSSR count). The van der Waals surface area contributed by atoms with Crippen LogP contribution in [0.2, 0.25) is 0 Å². The quantitative estimate of drug-likeness (QED) is 0.227. The van der Waals surface area contributed by atoms with E-state index in [4.69, 9.17) is 9.72 Å². The van der Waals surface area contributed by atoms with E-state index in [1.54, 1.807) is 7.11 Å². The first-order chi connectivity index (χ1) is 17.7. The fraction of sp³-hybridized carbons (Fsp3) is 0.516. The van der Waals surface area contributed by atoms with Crippen LogP contribution in [0.1, 0.15) is 88.6 Å². The van der Waals surface area contributed by atoms with Crippen molar-refractivity contribution in [2.75, 3.05) is 13.7 Å². The van der Waals surface area contributed by atoms with Crippen molar-refractivity contribution in [3.8, 4) is 17.1 Å². The van der Waals surface area contributed by atoms with Crippen molar-refractivity contribution >= 4 is 0 Å². The third kappa shape index (κ3) is 7.21. The first-order valence-corrected chi connectivity index (χ1v) is 13.8. The summed E-state index contributed by atoms with van der Waals surface area (Å²) < 4.78 is 7.92. The van der Waals surface area contributed by atoms with Crippen molar-refractivity contribution in [1.29, 1.82) is 0 Å². The number of hydrogen-bond donors (Lipinski definition) is 1. The number of rotatable bonds is 16. The lowest BCUT2D eigenvalue weighted by atomic mass is 10.0. The predicted octanol–water partition coefficient (Wildman–Crippen LogP) is 7.38. The second-order valence-electron chi connectivity index (χ2n) is 9.66. The van der Waals surface area contributed by atoms with Crippen LogP contribution >= 0.6 is 0 Å². The first kappa shape index (κ1) is 27.9. The molecule has 0 saturated heterocycles. The van der Waals surface area contributed by atoms with Gasteiger partial charge in [-0.25, -0.2) is 4.98 Å². The highest BCUT2D eigenvalue weighted by Gasteiger charge is 2.25. The monoisotopic (exact) mass is 491 g/mol. The Labute approximate surface area is 218 Å². The fourth-order valence-electron chi connectivity index (χ4n) is 4.93. The Balaban J connectivity index is 2.03. The molecule has 0 aliphatic heterocycles. The molecule has 0 bridgehead atoms. The Morgan fingerprint density at radius 3 is 2.39 bits per heavy atom. The molecule has 0 spiro atoms. The van der Waals surface area contributed by atoms with E-state index in [2.05, 4.69) is 78.9 Å². The second-order valence-corrected chi connectivity index (χ2v) is 9.66. The molecule has 0 aliphatic carbocycles. The average Bonchev–Trinajstić information content (AvgIpc) is 3.34. The van der Waals surface area contributed by atoms with Crippen LogP contribution in [0.15, 0.2) is 54.7 Å². The summed E-state index contributed by atoms with van der Waals surface area (Å²) in [5.41, 5.74) is 4.55. The highest BCUT2D eigenvalue weighted by atomic mass is 16.5. The zero-order chi connectivity index (χ0) is 25.8. The van der Waals surface area contributed by atoms with Crippen molar-refractivity contribution in [2.24, 2.45) is 0 Å². The normalized spacial score (nSPS) is 12.3. The molecular formula is C31H45N3O2. The Morgan fingerprint density at radius 1 is 0.972 bits per heavy atom. The Hall–Kier alpha value is -2.63. The van der Waals surface area contributed by atoms with E-state index in [9.17, 15) is 5.11 Å². The van der Waals surface area contributed by atoms with E-state index in [-0.39, 0.29) is 12.6 Å². The molecule has 3 aromatic rings. The van der Waals surface area contributed by atoms with Gasteiger partial charge in [0.25, 0.3) is 0 Å². The molecule has 36 heavy (non-hydrogen) atoms. The van der Waals surface area contributed by atoms with Gasteiger partial charge in [-0.05, 0) is 43.5 Å². The van der Waals surface area contributed by atoms with Gasteiger partial charge in [-0.15, -0.1) is 0 Å². The SMILES string of the molecule is CCCCC(c1cnc(-c2ccccc2)n1CCCC)N(CCCC)Cc1ccc(OC)c(CO)c1. The highest BCUT2D eigenvalue weighted by Crippen LogP contribution is 2.33. The lowest BCUT2D eigenvalue weighted by molar-refractivity contribution is 0.165. The number of nitrogens with zero attached hydrogens (tertiary/aromatic N) is 3. The summed E-state index contributed by atoms with van der Waals surface area (Å²) in [6.45, 7) is 9.62. The van der Waals surface area contributed by atoms with E-state index < -0.39 is 0 Å². The number of unbranched alkanes of at least 4 members (excludes halogenated alkanes) is 3. The highest BCUT2D eigenvalue weighted by molar-refractivity contribution is 5.56. The van der Waals surface area contributed by atoms with E-state index >= 15 is 0 Å². The number of aliphatic hydroxyl groups excluding tert-OH is 1. The maximum Gasteiger partial charge on any atom is 0.140 e. The third-order valence-corrected chi connectivity index (χ3v) is 6.97. The molecule has 0 fully saturated rings. The Morgan fingerprint density at radius 2 is 1.72 bits per heavy atom. The Kier molecular flexibility index (Phi) is 11.5. The molecule has 0 radical (unpaired) electrons. The van der Waals surface area contributed by atoms with Gasteiger partial charge in [0.2, 0.25) is 0 Å². The predicted molar refractivity (Wildman–Crippen MR) is 149 cm³/mol. The van der Waals surface area contributed by atoms with E-state index in [0.717, 1.165) is 68.9 Å². The van der Waals surface area contributed by atoms with Gasteiger partial charge in [-0.1, -0.05) is 82.9 Å². The van der Waals surface area contributed by atoms with Gasteiger partial charge < -0.3 is 14.4 Å². The number of methoxy groups -OCH3 is 1. The van der Waals surface area contributed by atoms with Gasteiger partial charge in [-0.3, -0.25) is 4.90 Å². The van der Waals surface area contributed by atoms with Gasteiger partial charge in [0.15, 0.2) is 0 Å². The molecule has 0 saturated carbocycles. The summed E-state index contributed by atoms with van der Waals surface area (Å²) >= 11 is 0. The van der Waals surface area contributed by atoms with Crippen molar-refractivity contribution < 1.29 is 9.84 Å². The van der Waals surface area contributed by atoms with Crippen LogP contribution in [0.5, 0.6) is 5.75 Å². The molecule has 5 nitrogen and oxygen atoms in total. The number of imidazole rings is 1. The summed E-state index contributed by atoms with van der Waals surface area (Å²) in [5, 5.41) is 9.88. The molecule has 1 aromatic heterocycles. The molecule has 1 atom stereocenters. The van der Waals surface area contributed by atoms with Crippen molar-refractivity contribution in [3.63, 3.8) is 0 Å². The van der Waals surface area contributed by atoms with Crippen LogP contribution in [0.3, 0.4) is 0 Å². The third-order valence-electron chi connectivity index (χ3n) is 6.97. The minimum Gasteiger partial charge on any atom is -0.496 e. The van der Waals surface area contributed by atoms with Gasteiger partial charge in [0.1, 0.15) is 11.6 Å². The molecule has 1 heterocycles. The van der Waals surface area contributed by atoms with Crippen LogP contribution < -0.4 is 4.74 Å². The van der Waals surface area contributed by atoms with E-state index in [1.165, 1.54) is 29.7 Å². The van der Waals surface area contributed by atoms with Gasteiger partial charge in [-0.2, -0.15) is 0 Å². The minimum atomic E-state index is -0.0184. The molecule has 2 aromatic carbocycles. The zero-order valence-electron chi connectivity index (χ0n) is 22.7. The number of aromatic nitrogens is 2.